The van der Waals surface area contributed by atoms with E-state index in [9.17, 15) is 12.8 Å². The van der Waals surface area contributed by atoms with E-state index in [-0.39, 0.29) is 22.6 Å². The molecular weight excluding hydrogens is 265 g/mol. The van der Waals surface area contributed by atoms with Crippen molar-refractivity contribution in [2.24, 2.45) is 0 Å². The summed E-state index contributed by atoms with van der Waals surface area (Å²) in [6.07, 6.45) is 0. The number of anilines is 1. The summed E-state index contributed by atoms with van der Waals surface area (Å²) in [5.74, 6) is -0.452. The molecule has 0 atom stereocenters. The van der Waals surface area contributed by atoms with Crippen LogP contribution in [0.3, 0.4) is 0 Å². The Morgan fingerprint density at radius 1 is 1.41 bits per heavy atom. The molecule has 1 aromatic rings. The number of sulfone groups is 1. The fraction of sp³-hybridized carbons (Fsp3) is 0.455. The maximum atomic E-state index is 12.9. The molecule has 1 aromatic carbocycles. The molecule has 0 radical (unpaired) electrons. The second kappa shape index (κ2) is 5.69. The summed E-state index contributed by atoms with van der Waals surface area (Å²) in [5, 5.41) is 2.52. The van der Waals surface area contributed by atoms with Gasteiger partial charge in [-0.15, -0.1) is 0 Å². The van der Waals surface area contributed by atoms with Gasteiger partial charge in [0.25, 0.3) is 0 Å². The zero-order chi connectivity index (χ0) is 13.1. The van der Waals surface area contributed by atoms with Gasteiger partial charge in [0.2, 0.25) is 0 Å². The number of hydrogen-bond donors (Lipinski definition) is 1. The molecule has 1 rings (SSSR count). The van der Waals surface area contributed by atoms with Crippen LogP contribution in [-0.4, -0.2) is 26.0 Å². The van der Waals surface area contributed by atoms with Gasteiger partial charge in [-0.2, -0.15) is 0 Å². The Kier molecular flexibility index (Phi) is 4.77. The molecule has 6 heteroatoms. The molecule has 0 aliphatic heterocycles. The highest BCUT2D eigenvalue weighted by Gasteiger charge is 2.15. The van der Waals surface area contributed by atoms with Crippen molar-refractivity contribution in [1.82, 2.24) is 0 Å². The Bertz CT molecular complexity index is 488. The summed E-state index contributed by atoms with van der Waals surface area (Å²) in [4.78, 5) is 0. The molecule has 96 valence electrons. The molecule has 3 nitrogen and oxygen atoms in total. The molecule has 0 saturated heterocycles. The highest BCUT2D eigenvalue weighted by atomic mass is 35.5. The van der Waals surface area contributed by atoms with Gasteiger partial charge in [-0.3, -0.25) is 0 Å². The molecule has 0 heterocycles. The van der Waals surface area contributed by atoms with Crippen molar-refractivity contribution in [3.8, 4) is 0 Å². The van der Waals surface area contributed by atoms with Gasteiger partial charge in [0.05, 0.1) is 16.0 Å². The largest absolute Gasteiger partial charge is 0.384 e. The molecule has 17 heavy (non-hydrogen) atoms. The molecule has 0 spiro atoms. The second-order valence-corrected chi connectivity index (χ2v) is 7.06. The van der Waals surface area contributed by atoms with Crippen molar-refractivity contribution >= 4 is 27.1 Å². The third-order valence-corrected chi connectivity index (χ3v) is 4.85. The van der Waals surface area contributed by atoms with Crippen LogP contribution in [0.15, 0.2) is 18.2 Å². The molecule has 0 aromatic heterocycles. The van der Waals surface area contributed by atoms with E-state index >= 15 is 0 Å². The van der Waals surface area contributed by atoms with E-state index in [2.05, 4.69) is 5.32 Å². The molecule has 0 aliphatic carbocycles. The highest BCUT2D eigenvalue weighted by molar-refractivity contribution is 7.92. The van der Waals surface area contributed by atoms with Gasteiger partial charge in [-0.1, -0.05) is 11.6 Å². The van der Waals surface area contributed by atoms with E-state index in [0.29, 0.717) is 5.69 Å². The maximum Gasteiger partial charge on any atom is 0.154 e. The van der Waals surface area contributed by atoms with E-state index in [1.54, 1.807) is 13.8 Å². The van der Waals surface area contributed by atoms with Gasteiger partial charge >= 0.3 is 0 Å². The van der Waals surface area contributed by atoms with Crippen molar-refractivity contribution in [2.75, 3.05) is 17.6 Å². The minimum Gasteiger partial charge on any atom is -0.384 e. The SMILES string of the molecule is CC(C)S(=O)(=O)CCNc1ccc(F)c(Cl)c1. The Hall–Kier alpha value is -0.810. The van der Waals surface area contributed by atoms with Crippen LogP contribution in [0.2, 0.25) is 5.02 Å². The van der Waals surface area contributed by atoms with Crippen molar-refractivity contribution < 1.29 is 12.8 Å². The van der Waals surface area contributed by atoms with E-state index < -0.39 is 15.7 Å². The molecule has 0 fully saturated rings. The number of hydrogen-bond acceptors (Lipinski definition) is 3. The molecule has 0 amide bonds. The highest BCUT2D eigenvalue weighted by Crippen LogP contribution is 2.19. The molecule has 0 unspecified atom stereocenters. The van der Waals surface area contributed by atoms with Crippen LogP contribution < -0.4 is 5.32 Å². The van der Waals surface area contributed by atoms with E-state index in [4.69, 9.17) is 11.6 Å². The Labute approximate surface area is 106 Å². The monoisotopic (exact) mass is 279 g/mol. The van der Waals surface area contributed by atoms with E-state index in [1.807, 2.05) is 0 Å². The fourth-order valence-electron chi connectivity index (χ4n) is 1.18. The number of nitrogens with one attached hydrogen (secondary N) is 1. The summed E-state index contributed by atoms with van der Waals surface area (Å²) < 4.78 is 35.9. The van der Waals surface area contributed by atoms with Gasteiger partial charge < -0.3 is 5.32 Å². The summed E-state index contributed by atoms with van der Waals surface area (Å²) in [6, 6.07) is 4.18. The van der Waals surface area contributed by atoms with Gasteiger partial charge in [-0.25, -0.2) is 12.8 Å². The minimum atomic E-state index is -3.06. The second-order valence-electron chi connectivity index (χ2n) is 3.97. The lowest BCUT2D eigenvalue weighted by molar-refractivity contribution is 0.587. The predicted molar refractivity (Wildman–Crippen MR) is 68.8 cm³/mol. The zero-order valence-electron chi connectivity index (χ0n) is 9.70. The lowest BCUT2D eigenvalue weighted by atomic mass is 10.3. The average Bonchev–Trinajstić information content (AvgIpc) is 2.23. The quantitative estimate of drug-likeness (QED) is 0.901. The number of halogens is 2. The number of rotatable bonds is 5. The first-order valence-corrected chi connectivity index (χ1v) is 7.33. The first-order valence-electron chi connectivity index (χ1n) is 5.23. The average molecular weight is 280 g/mol. The van der Waals surface area contributed by atoms with Crippen LogP contribution in [0.5, 0.6) is 0 Å². The zero-order valence-corrected chi connectivity index (χ0v) is 11.3. The van der Waals surface area contributed by atoms with E-state index in [1.165, 1.54) is 18.2 Å². The van der Waals surface area contributed by atoms with Gasteiger partial charge in [-0.05, 0) is 32.0 Å². The lowest BCUT2D eigenvalue weighted by Gasteiger charge is -2.09. The van der Waals surface area contributed by atoms with Crippen molar-refractivity contribution in [1.29, 1.82) is 0 Å². The van der Waals surface area contributed by atoms with Crippen LogP contribution in [0, 0.1) is 5.82 Å². The van der Waals surface area contributed by atoms with Crippen molar-refractivity contribution in [3.63, 3.8) is 0 Å². The first kappa shape index (κ1) is 14.3. The van der Waals surface area contributed by atoms with Crippen molar-refractivity contribution in [3.05, 3.63) is 29.0 Å². The molecule has 0 saturated carbocycles. The third-order valence-electron chi connectivity index (χ3n) is 2.35. The summed E-state index contributed by atoms with van der Waals surface area (Å²) in [5.41, 5.74) is 0.607. The normalized spacial score (nSPS) is 11.8. The van der Waals surface area contributed by atoms with Gasteiger partial charge in [0.1, 0.15) is 5.82 Å². The summed E-state index contributed by atoms with van der Waals surface area (Å²) in [6.45, 7) is 3.57. The smallest absolute Gasteiger partial charge is 0.154 e. The van der Waals surface area contributed by atoms with Crippen LogP contribution in [0.1, 0.15) is 13.8 Å². The Morgan fingerprint density at radius 3 is 2.59 bits per heavy atom. The molecule has 1 N–H and O–H groups in total. The Balaban J connectivity index is 2.55. The minimum absolute atomic E-state index is 0.0155. The van der Waals surface area contributed by atoms with Crippen LogP contribution >= 0.6 is 11.6 Å². The fourth-order valence-corrected chi connectivity index (χ4v) is 2.22. The molecule has 0 aliphatic rings. The predicted octanol–water partition coefficient (Wildman–Crippen LogP) is 2.71. The molecule has 0 bridgehead atoms. The van der Waals surface area contributed by atoms with Crippen molar-refractivity contribution in [2.45, 2.75) is 19.1 Å². The van der Waals surface area contributed by atoms with E-state index in [0.717, 1.165) is 0 Å². The number of benzene rings is 1. The summed E-state index contributed by atoms with van der Waals surface area (Å²) >= 11 is 5.60. The van der Waals surface area contributed by atoms with Crippen LogP contribution in [0.4, 0.5) is 10.1 Å². The third kappa shape index (κ3) is 4.16. The van der Waals surface area contributed by atoms with Crippen LogP contribution in [-0.2, 0) is 9.84 Å². The Morgan fingerprint density at radius 2 is 2.06 bits per heavy atom. The summed E-state index contributed by atoms with van der Waals surface area (Å²) in [7, 11) is -3.06. The molecular formula is C11H15ClFNO2S. The van der Waals surface area contributed by atoms with Crippen LogP contribution in [0.25, 0.3) is 0 Å². The van der Waals surface area contributed by atoms with Gasteiger partial charge in [0, 0.05) is 12.2 Å². The van der Waals surface area contributed by atoms with Gasteiger partial charge in [0.15, 0.2) is 9.84 Å². The standard InChI is InChI=1S/C11H15ClFNO2S/c1-8(2)17(15,16)6-5-14-9-3-4-11(13)10(12)7-9/h3-4,7-8,14H,5-6H2,1-2H3. The maximum absolute atomic E-state index is 12.9. The topological polar surface area (TPSA) is 46.2 Å². The lowest BCUT2D eigenvalue weighted by Crippen LogP contribution is -2.22. The first-order chi connectivity index (χ1) is 7.83.